The monoisotopic (exact) mass is 356 g/mol. The van der Waals surface area contributed by atoms with Gasteiger partial charge in [0.1, 0.15) is 18.6 Å². The number of hydrogen-bond acceptors (Lipinski definition) is 4. The largest absolute Gasteiger partial charge is 0.411 e. The van der Waals surface area contributed by atoms with Gasteiger partial charge < -0.3 is 19.9 Å². The predicted molar refractivity (Wildman–Crippen MR) is 85.7 cm³/mol. The van der Waals surface area contributed by atoms with Crippen LogP contribution in [0.2, 0.25) is 0 Å². The summed E-state index contributed by atoms with van der Waals surface area (Å²) in [5, 5.41) is 10.0. The molecule has 0 aliphatic carbocycles. The fourth-order valence-corrected chi connectivity index (χ4v) is 1.95. The summed E-state index contributed by atoms with van der Waals surface area (Å²) < 4.78 is 45.4. The minimum Gasteiger partial charge on any atom is -0.367 e. The maximum Gasteiger partial charge on any atom is 0.411 e. The molecule has 1 heterocycles. The summed E-state index contributed by atoms with van der Waals surface area (Å²) in [6.45, 7) is -0.328. The van der Waals surface area contributed by atoms with Gasteiger partial charge in [-0.25, -0.2) is 0 Å². The van der Waals surface area contributed by atoms with Gasteiger partial charge in [0.25, 0.3) is 0 Å². The third-order valence-corrected chi connectivity index (χ3v) is 3.17. The quantitative estimate of drug-likeness (QED) is 0.589. The number of hydrogen-bond donors (Lipinski definition) is 2. The Morgan fingerprint density at radius 2 is 1.80 bits per heavy atom. The van der Waals surface area contributed by atoms with Crippen molar-refractivity contribution < 1.29 is 22.4 Å². The van der Waals surface area contributed by atoms with Crippen LogP contribution < -0.4 is 10.6 Å². The average molecular weight is 356 g/mol. The van der Waals surface area contributed by atoms with E-state index in [1.54, 1.807) is 25.2 Å². The van der Waals surface area contributed by atoms with E-state index >= 15 is 0 Å². The highest BCUT2D eigenvalue weighted by Crippen LogP contribution is 2.15. The average Bonchev–Trinajstić information content (AvgIpc) is 3.08. The number of nitrogens with zero attached hydrogens (tertiary/aromatic N) is 2. The molecule has 1 aromatic carbocycles. The minimum atomic E-state index is -4.31. The molecule has 6 nitrogen and oxygen atoms in total. The van der Waals surface area contributed by atoms with E-state index in [0.29, 0.717) is 24.6 Å². The van der Waals surface area contributed by atoms with Crippen molar-refractivity contribution in [3.8, 4) is 0 Å². The van der Waals surface area contributed by atoms with Crippen LogP contribution in [0, 0.1) is 0 Å². The van der Waals surface area contributed by atoms with Gasteiger partial charge in [-0.15, -0.1) is 0 Å². The van der Waals surface area contributed by atoms with Crippen LogP contribution in [-0.4, -0.2) is 30.9 Å². The predicted octanol–water partition coefficient (Wildman–Crippen LogP) is 2.62. The lowest BCUT2D eigenvalue weighted by Gasteiger charge is -2.11. The van der Waals surface area contributed by atoms with E-state index < -0.39 is 12.8 Å². The lowest BCUT2D eigenvalue weighted by molar-refractivity contribution is -0.176. The lowest BCUT2D eigenvalue weighted by Crippen LogP contribution is -2.36. The molecular weight excluding hydrogens is 337 g/mol. The summed E-state index contributed by atoms with van der Waals surface area (Å²) in [5.74, 6) is 0.598. The van der Waals surface area contributed by atoms with E-state index in [9.17, 15) is 13.2 Å². The second-order valence-corrected chi connectivity index (χ2v) is 5.19. The Morgan fingerprint density at radius 1 is 1.12 bits per heavy atom. The summed E-state index contributed by atoms with van der Waals surface area (Å²) in [5.41, 5.74) is 2.40. The van der Waals surface area contributed by atoms with Crippen molar-refractivity contribution in [3.05, 3.63) is 53.4 Å². The third-order valence-electron chi connectivity index (χ3n) is 3.17. The fraction of sp³-hybridized carbons (Fsp3) is 0.375. The topological polar surface area (TPSA) is 71.7 Å². The van der Waals surface area contributed by atoms with Crippen molar-refractivity contribution in [2.75, 3.05) is 13.7 Å². The number of ether oxygens (including phenoxy) is 1. The Labute approximate surface area is 143 Å². The molecule has 136 valence electrons. The highest BCUT2D eigenvalue weighted by Gasteiger charge is 2.27. The number of aromatic nitrogens is 1. The first-order chi connectivity index (χ1) is 12.0. The van der Waals surface area contributed by atoms with Gasteiger partial charge in [-0.2, -0.15) is 13.2 Å². The zero-order valence-electron chi connectivity index (χ0n) is 13.6. The first kappa shape index (κ1) is 18.8. The maximum atomic E-state index is 12.0. The number of nitrogens with one attached hydrogen (secondary N) is 2. The Morgan fingerprint density at radius 3 is 2.40 bits per heavy atom. The Balaban J connectivity index is 1.74. The number of alkyl halides is 3. The lowest BCUT2D eigenvalue weighted by atomic mass is 10.1. The van der Waals surface area contributed by atoms with Crippen molar-refractivity contribution in [1.29, 1.82) is 0 Å². The normalized spacial score (nSPS) is 12.2. The second kappa shape index (κ2) is 9.07. The molecule has 2 aromatic rings. The van der Waals surface area contributed by atoms with Crippen LogP contribution in [0.25, 0.3) is 0 Å². The maximum absolute atomic E-state index is 12.0. The third kappa shape index (κ3) is 7.25. The van der Waals surface area contributed by atoms with Crippen molar-refractivity contribution in [2.45, 2.75) is 25.9 Å². The molecule has 1 aromatic heterocycles. The molecule has 0 amide bonds. The van der Waals surface area contributed by atoms with Crippen molar-refractivity contribution >= 4 is 5.96 Å². The second-order valence-electron chi connectivity index (χ2n) is 5.19. The van der Waals surface area contributed by atoms with Crippen LogP contribution in [0.1, 0.15) is 16.8 Å². The van der Waals surface area contributed by atoms with Crippen LogP contribution in [-0.2, 0) is 24.4 Å². The molecule has 0 fully saturated rings. The van der Waals surface area contributed by atoms with Crippen LogP contribution in [0.4, 0.5) is 13.2 Å². The Bertz CT molecular complexity index is 655. The standard InChI is InChI=1S/C16H19F3N4O2/c1-20-15(22-9-14-6-7-25-23-14)21-8-12-2-4-13(5-3-12)10-24-11-16(17,18)19/h2-7H,8-11H2,1H3,(H2,20,21,22). The molecule has 0 saturated carbocycles. The Hall–Kier alpha value is -2.55. The number of rotatable bonds is 7. The van der Waals surface area contributed by atoms with Gasteiger partial charge in [0.2, 0.25) is 0 Å². The molecule has 0 aliphatic rings. The first-order valence-corrected chi connectivity index (χ1v) is 7.52. The van der Waals surface area contributed by atoms with Crippen LogP contribution in [0.15, 0.2) is 46.1 Å². The molecule has 0 saturated heterocycles. The van der Waals surface area contributed by atoms with E-state index in [2.05, 4.69) is 25.5 Å². The van der Waals surface area contributed by atoms with Crippen LogP contribution in [0.3, 0.4) is 0 Å². The molecule has 0 aliphatic heterocycles. The van der Waals surface area contributed by atoms with Crippen LogP contribution in [0.5, 0.6) is 0 Å². The van der Waals surface area contributed by atoms with Gasteiger partial charge >= 0.3 is 6.18 Å². The molecule has 0 radical (unpaired) electrons. The first-order valence-electron chi connectivity index (χ1n) is 7.52. The molecule has 2 N–H and O–H groups in total. The number of aliphatic imine (C=N–C) groups is 1. The smallest absolute Gasteiger partial charge is 0.367 e. The van der Waals surface area contributed by atoms with E-state index in [1.165, 1.54) is 6.26 Å². The van der Waals surface area contributed by atoms with E-state index in [-0.39, 0.29) is 6.61 Å². The number of benzene rings is 1. The van der Waals surface area contributed by atoms with Crippen LogP contribution >= 0.6 is 0 Å². The molecule has 9 heteroatoms. The van der Waals surface area contributed by atoms with Crippen molar-refractivity contribution in [1.82, 2.24) is 15.8 Å². The summed E-state index contributed by atoms with van der Waals surface area (Å²) in [6.07, 6.45) is -2.81. The minimum absolute atomic E-state index is 0.0753. The number of halogens is 3. The highest BCUT2D eigenvalue weighted by molar-refractivity contribution is 5.79. The highest BCUT2D eigenvalue weighted by atomic mass is 19.4. The summed E-state index contributed by atoms with van der Waals surface area (Å²) in [7, 11) is 1.65. The zero-order valence-corrected chi connectivity index (χ0v) is 13.6. The molecule has 0 bridgehead atoms. The van der Waals surface area contributed by atoms with Crippen molar-refractivity contribution in [3.63, 3.8) is 0 Å². The molecule has 25 heavy (non-hydrogen) atoms. The van der Waals surface area contributed by atoms with Gasteiger partial charge in [0.15, 0.2) is 5.96 Å². The molecule has 0 atom stereocenters. The zero-order chi connectivity index (χ0) is 18.1. The number of guanidine groups is 1. The molecule has 0 spiro atoms. The fourth-order valence-electron chi connectivity index (χ4n) is 1.95. The van der Waals surface area contributed by atoms with Gasteiger partial charge in [-0.05, 0) is 11.1 Å². The Kier molecular flexibility index (Phi) is 6.81. The molecule has 2 rings (SSSR count). The van der Waals surface area contributed by atoms with E-state index in [0.717, 1.165) is 11.3 Å². The molecular formula is C16H19F3N4O2. The van der Waals surface area contributed by atoms with Gasteiger partial charge in [-0.1, -0.05) is 29.4 Å². The summed E-state index contributed by atoms with van der Waals surface area (Å²) in [4.78, 5) is 4.09. The summed E-state index contributed by atoms with van der Waals surface area (Å²) >= 11 is 0. The van der Waals surface area contributed by atoms with Gasteiger partial charge in [0.05, 0.1) is 13.2 Å². The SMILES string of the molecule is CN=C(NCc1ccc(COCC(F)(F)F)cc1)NCc1ccon1. The summed E-state index contributed by atoms with van der Waals surface area (Å²) in [6, 6.07) is 8.87. The van der Waals surface area contributed by atoms with E-state index in [4.69, 9.17) is 4.52 Å². The van der Waals surface area contributed by atoms with Crippen molar-refractivity contribution in [2.24, 2.45) is 4.99 Å². The molecule has 0 unspecified atom stereocenters. The van der Waals surface area contributed by atoms with E-state index in [1.807, 2.05) is 12.1 Å². The van der Waals surface area contributed by atoms with Gasteiger partial charge in [-0.3, -0.25) is 4.99 Å². The van der Waals surface area contributed by atoms with Gasteiger partial charge in [0, 0.05) is 19.7 Å².